The molecule has 0 atom stereocenters. The van der Waals surface area contributed by atoms with Crippen molar-refractivity contribution in [1.82, 2.24) is 9.38 Å². The molecule has 0 radical (unpaired) electrons. The van der Waals surface area contributed by atoms with Crippen molar-refractivity contribution in [2.24, 2.45) is 5.73 Å². The second-order valence-corrected chi connectivity index (χ2v) is 2.56. The van der Waals surface area contributed by atoms with Gasteiger partial charge in [0, 0.05) is 11.8 Å². The van der Waals surface area contributed by atoms with Crippen LogP contribution in [0.2, 0.25) is 0 Å². The molecule has 4 heteroatoms. The van der Waals surface area contributed by atoms with Crippen LogP contribution in [0, 0.1) is 5.41 Å². The molecule has 0 fully saturated rings. The van der Waals surface area contributed by atoms with Gasteiger partial charge in [0.15, 0.2) is 0 Å². The number of amidine groups is 1. The third-order valence-corrected chi connectivity index (χ3v) is 1.72. The van der Waals surface area contributed by atoms with Gasteiger partial charge in [-0.2, -0.15) is 0 Å². The third-order valence-electron chi connectivity index (χ3n) is 1.72. The van der Waals surface area contributed by atoms with Gasteiger partial charge in [-0.1, -0.05) is 0 Å². The van der Waals surface area contributed by atoms with Crippen LogP contribution < -0.4 is 5.73 Å². The molecule has 4 nitrogen and oxygen atoms in total. The van der Waals surface area contributed by atoms with Crippen LogP contribution in [0.15, 0.2) is 30.9 Å². The minimum Gasteiger partial charge on any atom is -0.384 e. The second-order valence-electron chi connectivity index (χ2n) is 2.56. The Balaban J connectivity index is 2.68. The lowest BCUT2D eigenvalue weighted by Gasteiger charge is -1.98. The van der Waals surface area contributed by atoms with E-state index in [0.29, 0.717) is 5.56 Å². The predicted octanol–water partition coefficient (Wildman–Crippen LogP) is 0.618. The zero-order valence-electron chi connectivity index (χ0n) is 6.36. The molecule has 0 bridgehead atoms. The van der Waals surface area contributed by atoms with Crippen molar-refractivity contribution >= 4 is 11.4 Å². The van der Waals surface area contributed by atoms with Gasteiger partial charge in [-0.15, -0.1) is 0 Å². The number of nitrogen functional groups attached to an aromatic ring is 1. The number of nitrogens with one attached hydrogen (secondary N) is 1. The Morgan fingerprint density at radius 3 is 3.08 bits per heavy atom. The summed E-state index contributed by atoms with van der Waals surface area (Å²) in [5.41, 5.74) is 7.03. The Bertz CT molecular complexity index is 429. The number of aromatic nitrogens is 2. The highest BCUT2D eigenvalue weighted by Gasteiger charge is 1.97. The fourth-order valence-corrected chi connectivity index (χ4v) is 1.08. The van der Waals surface area contributed by atoms with Gasteiger partial charge in [0.1, 0.15) is 5.84 Å². The van der Waals surface area contributed by atoms with Crippen molar-refractivity contribution < 1.29 is 0 Å². The number of pyridine rings is 1. The number of hydrogen-bond acceptors (Lipinski definition) is 2. The maximum atomic E-state index is 7.21. The van der Waals surface area contributed by atoms with Gasteiger partial charge < -0.3 is 10.1 Å². The first-order valence-corrected chi connectivity index (χ1v) is 3.53. The molecule has 0 saturated carbocycles. The lowest BCUT2D eigenvalue weighted by atomic mass is 10.2. The summed E-state index contributed by atoms with van der Waals surface area (Å²) in [5, 5.41) is 7.21. The summed E-state index contributed by atoms with van der Waals surface area (Å²) in [6.45, 7) is 0. The van der Waals surface area contributed by atoms with Crippen LogP contribution in [0.5, 0.6) is 0 Å². The molecule has 2 aromatic heterocycles. The summed E-state index contributed by atoms with van der Waals surface area (Å²) in [6.07, 6.45) is 5.22. The molecule has 0 saturated heterocycles. The quantitative estimate of drug-likeness (QED) is 0.474. The van der Waals surface area contributed by atoms with Crippen molar-refractivity contribution in [2.75, 3.05) is 0 Å². The Morgan fingerprint density at radius 2 is 2.33 bits per heavy atom. The molecular weight excluding hydrogens is 152 g/mol. The first-order valence-electron chi connectivity index (χ1n) is 3.53. The number of hydrogen-bond donors (Lipinski definition) is 2. The SMILES string of the molecule is N=C(N)c1ccc2cncn2c1. The molecule has 0 unspecified atom stereocenters. The highest BCUT2D eigenvalue weighted by Crippen LogP contribution is 2.04. The summed E-state index contributed by atoms with van der Waals surface area (Å²) in [7, 11) is 0. The van der Waals surface area contributed by atoms with E-state index >= 15 is 0 Å². The van der Waals surface area contributed by atoms with E-state index in [0.717, 1.165) is 5.52 Å². The van der Waals surface area contributed by atoms with Crippen LogP contribution in [-0.4, -0.2) is 15.2 Å². The number of nitrogens with two attached hydrogens (primary N) is 1. The first-order chi connectivity index (χ1) is 5.77. The summed E-state index contributed by atoms with van der Waals surface area (Å²) >= 11 is 0. The van der Waals surface area contributed by atoms with Gasteiger partial charge in [0.25, 0.3) is 0 Å². The standard InChI is InChI=1S/C8H8N4/c9-8(10)6-1-2-7-3-11-5-12(7)4-6/h1-5H,(H3,9,10). The topological polar surface area (TPSA) is 67.2 Å². The summed E-state index contributed by atoms with van der Waals surface area (Å²) in [4.78, 5) is 3.95. The van der Waals surface area contributed by atoms with Crippen LogP contribution in [0.3, 0.4) is 0 Å². The van der Waals surface area contributed by atoms with Crippen LogP contribution in [0.1, 0.15) is 5.56 Å². The Morgan fingerprint density at radius 1 is 1.50 bits per heavy atom. The summed E-state index contributed by atoms with van der Waals surface area (Å²) < 4.78 is 1.83. The highest BCUT2D eigenvalue weighted by atomic mass is 15.0. The molecule has 0 aromatic carbocycles. The van der Waals surface area contributed by atoms with Gasteiger partial charge in [-0.25, -0.2) is 4.98 Å². The number of fused-ring (bicyclic) bond motifs is 1. The maximum absolute atomic E-state index is 7.21. The zero-order chi connectivity index (χ0) is 8.55. The van der Waals surface area contributed by atoms with E-state index < -0.39 is 0 Å². The summed E-state index contributed by atoms with van der Waals surface area (Å²) in [5.74, 6) is 0.0746. The molecule has 0 aliphatic carbocycles. The summed E-state index contributed by atoms with van der Waals surface area (Å²) in [6, 6.07) is 3.68. The van der Waals surface area contributed by atoms with Gasteiger partial charge in [0.2, 0.25) is 0 Å². The molecule has 60 valence electrons. The largest absolute Gasteiger partial charge is 0.384 e. The van der Waals surface area contributed by atoms with Crippen LogP contribution in [0.4, 0.5) is 0 Å². The minimum atomic E-state index is 0.0746. The van der Waals surface area contributed by atoms with Crippen LogP contribution in [0.25, 0.3) is 5.52 Å². The molecule has 0 amide bonds. The van der Waals surface area contributed by atoms with Gasteiger partial charge >= 0.3 is 0 Å². The van der Waals surface area contributed by atoms with E-state index in [2.05, 4.69) is 4.98 Å². The van der Waals surface area contributed by atoms with Crippen molar-refractivity contribution in [3.63, 3.8) is 0 Å². The smallest absolute Gasteiger partial charge is 0.124 e. The minimum absolute atomic E-state index is 0.0746. The van der Waals surface area contributed by atoms with Crippen molar-refractivity contribution in [1.29, 1.82) is 5.41 Å². The molecule has 12 heavy (non-hydrogen) atoms. The average Bonchev–Trinajstić information content (AvgIpc) is 2.49. The molecule has 2 heterocycles. The van der Waals surface area contributed by atoms with Gasteiger partial charge in [0.05, 0.1) is 18.0 Å². The molecule has 0 aliphatic heterocycles. The normalized spacial score (nSPS) is 10.3. The monoisotopic (exact) mass is 160 g/mol. The molecule has 2 rings (SSSR count). The zero-order valence-corrected chi connectivity index (χ0v) is 6.36. The van der Waals surface area contributed by atoms with Crippen molar-refractivity contribution in [3.05, 3.63) is 36.4 Å². The number of nitrogens with zero attached hydrogens (tertiary/aromatic N) is 2. The average molecular weight is 160 g/mol. The van der Waals surface area contributed by atoms with E-state index in [4.69, 9.17) is 11.1 Å². The predicted molar refractivity (Wildman–Crippen MR) is 46.2 cm³/mol. The second kappa shape index (κ2) is 2.34. The van der Waals surface area contributed by atoms with E-state index in [1.54, 1.807) is 24.8 Å². The Labute approximate surface area is 69.2 Å². The molecule has 2 aromatic rings. The first kappa shape index (κ1) is 6.84. The van der Waals surface area contributed by atoms with E-state index in [-0.39, 0.29) is 5.84 Å². The van der Waals surface area contributed by atoms with Gasteiger partial charge in [-0.3, -0.25) is 5.41 Å². The molecule has 0 aliphatic rings. The maximum Gasteiger partial charge on any atom is 0.124 e. The van der Waals surface area contributed by atoms with E-state index in [1.165, 1.54) is 0 Å². The van der Waals surface area contributed by atoms with E-state index in [9.17, 15) is 0 Å². The molecule has 0 spiro atoms. The van der Waals surface area contributed by atoms with E-state index in [1.807, 2.05) is 10.5 Å². The van der Waals surface area contributed by atoms with Crippen LogP contribution >= 0.6 is 0 Å². The fourth-order valence-electron chi connectivity index (χ4n) is 1.08. The highest BCUT2D eigenvalue weighted by molar-refractivity contribution is 5.94. The molecule has 3 N–H and O–H groups in total. The number of rotatable bonds is 1. The lowest BCUT2D eigenvalue weighted by molar-refractivity contribution is 1.15. The third kappa shape index (κ3) is 0.934. The van der Waals surface area contributed by atoms with Crippen LogP contribution in [-0.2, 0) is 0 Å². The van der Waals surface area contributed by atoms with Gasteiger partial charge in [-0.05, 0) is 12.1 Å². The lowest BCUT2D eigenvalue weighted by Crippen LogP contribution is -2.11. The molecular formula is C8H8N4. The fraction of sp³-hybridized carbons (Fsp3) is 0. The van der Waals surface area contributed by atoms with Crippen molar-refractivity contribution in [3.8, 4) is 0 Å². The van der Waals surface area contributed by atoms with Crippen molar-refractivity contribution in [2.45, 2.75) is 0 Å². The number of imidazole rings is 1. The Hall–Kier alpha value is -1.84. The Kier molecular flexibility index (Phi) is 1.33.